The molecule has 0 atom stereocenters. The van der Waals surface area contributed by atoms with E-state index in [1.54, 1.807) is 35.7 Å². The zero-order chi connectivity index (χ0) is 19.2. The van der Waals surface area contributed by atoms with Gasteiger partial charge < -0.3 is 9.88 Å². The third kappa shape index (κ3) is 4.12. The third-order valence-corrected chi connectivity index (χ3v) is 4.41. The van der Waals surface area contributed by atoms with Crippen LogP contribution >= 0.6 is 0 Å². The molecule has 0 aliphatic carbocycles. The minimum absolute atomic E-state index is 0.174. The standard InChI is InChI=1S/C20H19N7O/c28-20(17-7-4-8-18(11-17)27-13-22-23-14-27)21-12-19-25-24-15-26(19)10-9-16-5-2-1-3-6-16/h1-8,11,13-15H,9-10,12H2,(H,21,28). The molecule has 0 unspecified atom stereocenters. The number of nitrogens with one attached hydrogen (secondary N) is 1. The van der Waals surface area contributed by atoms with Crippen LogP contribution in [0.3, 0.4) is 0 Å². The van der Waals surface area contributed by atoms with Crippen LogP contribution in [0.25, 0.3) is 5.69 Å². The minimum atomic E-state index is -0.174. The highest BCUT2D eigenvalue weighted by molar-refractivity contribution is 5.94. The van der Waals surface area contributed by atoms with Crippen LogP contribution in [0.2, 0.25) is 0 Å². The molecule has 0 fully saturated rings. The van der Waals surface area contributed by atoms with Gasteiger partial charge in [-0.15, -0.1) is 20.4 Å². The molecule has 0 aliphatic rings. The van der Waals surface area contributed by atoms with Crippen LogP contribution in [0, 0.1) is 0 Å². The molecule has 1 N–H and O–H groups in total. The molecule has 0 saturated carbocycles. The summed E-state index contributed by atoms with van der Waals surface area (Å²) in [5.74, 6) is 0.548. The minimum Gasteiger partial charge on any atom is -0.345 e. The van der Waals surface area contributed by atoms with Gasteiger partial charge in [-0.05, 0) is 30.2 Å². The number of amides is 1. The number of nitrogens with zero attached hydrogens (tertiary/aromatic N) is 6. The van der Waals surface area contributed by atoms with E-state index in [1.807, 2.05) is 34.9 Å². The Morgan fingerprint density at radius 2 is 1.75 bits per heavy atom. The summed E-state index contributed by atoms with van der Waals surface area (Å²) in [4.78, 5) is 12.5. The number of aryl methyl sites for hydroxylation is 2. The average molecular weight is 373 g/mol. The smallest absolute Gasteiger partial charge is 0.251 e. The quantitative estimate of drug-likeness (QED) is 0.535. The number of rotatable bonds is 7. The van der Waals surface area contributed by atoms with Gasteiger partial charge in [0.1, 0.15) is 19.0 Å². The fraction of sp³-hybridized carbons (Fsp3) is 0.150. The van der Waals surface area contributed by atoms with Gasteiger partial charge in [-0.25, -0.2) is 0 Å². The van der Waals surface area contributed by atoms with Gasteiger partial charge in [-0.3, -0.25) is 9.36 Å². The van der Waals surface area contributed by atoms with E-state index in [9.17, 15) is 4.79 Å². The van der Waals surface area contributed by atoms with Gasteiger partial charge in [0, 0.05) is 17.8 Å². The maximum atomic E-state index is 12.5. The lowest BCUT2D eigenvalue weighted by molar-refractivity contribution is 0.0949. The van der Waals surface area contributed by atoms with Crippen molar-refractivity contribution < 1.29 is 4.79 Å². The second kappa shape index (κ2) is 8.26. The molecule has 4 rings (SSSR count). The van der Waals surface area contributed by atoms with E-state index >= 15 is 0 Å². The van der Waals surface area contributed by atoms with E-state index in [0.29, 0.717) is 12.1 Å². The van der Waals surface area contributed by atoms with Gasteiger partial charge in [0.2, 0.25) is 0 Å². The fourth-order valence-corrected chi connectivity index (χ4v) is 2.90. The van der Waals surface area contributed by atoms with Crippen LogP contribution in [0.1, 0.15) is 21.7 Å². The molecule has 8 heteroatoms. The van der Waals surface area contributed by atoms with Crippen molar-refractivity contribution >= 4 is 5.91 Å². The van der Waals surface area contributed by atoms with Crippen molar-refractivity contribution in [3.63, 3.8) is 0 Å². The molecule has 4 aromatic rings. The van der Waals surface area contributed by atoms with Gasteiger partial charge in [-0.2, -0.15) is 0 Å². The van der Waals surface area contributed by atoms with Gasteiger partial charge in [0.05, 0.1) is 6.54 Å². The molecule has 0 radical (unpaired) electrons. The number of benzene rings is 2. The monoisotopic (exact) mass is 373 g/mol. The first-order chi connectivity index (χ1) is 13.8. The summed E-state index contributed by atoms with van der Waals surface area (Å²) in [7, 11) is 0. The van der Waals surface area contributed by atoms with Crippen molar-refractivity contribution in [2.45, 2.75) is 19.5 Å². The van der Waals surface area contributed by atoms with Crippen LogP contribution in [0.15, 0.2) is 73.6 Å². The lowest BCUT2D eigenvalue weighted by Crippen LogP contribution is -2.25. The number of carbonyl (C=O) groups is 1. The van der Waals surface area contributed by atoms with Crippen LogP contribution in [0.4, 0.5) is 0 Å². The Bertz CT molecular complexity index is 1040. The largest absolute Gasteiger partial charge is 0.345 e. The lowest BCUT2D eigenvalue weighted by atomic mass is 10.1. The molecule has 0 aliphatic heterocycles. The normalized spacial score (nSPS) is 10.7. The first kappa shape index (κ1) is 17.6. The maximum absolute atomic E-state index is 12.5. The van der Waals surface area contributed by atoms with E-state index in [1.165, 1.54) is 5.56 Å². The molecule has 0 saturated heterocycles. The Kier molecular flexibility index (Phi) is 5.19. The molecule has 0 spiro atoms. The van der Waals surface area contributed by atoms with Gasteiger partial charge >= 0.3 is 0 Å². The number of carbonyl (C=O) groups excluding carboxylic acids is 1. The Labute approximate surface area is 161 Å². The molecule has 2 aromatic heterocycles. The molecule has 2 aromatic carbocycles. The predicted molar refractivity (Wildman–Crippen MR) is 103 cm³/mol. The van der Waals surface area contributed by atoms with Crippen molar-refractivity contribution in [2.24, 2.45) is 0 Å². The summed E-state index contributed by atoms with van der Waals surface area (Å²) in [5.41, 5.74) is 2.63. The summed E-state index contributed by atoms with van der Waals surface area (Å²) in [5, 5.41) is 18.6. The van der Waals surface area contributed by atoms with E-state index in [0.717, 1.165) is 24.5 Å². The van der Waals surface area contributed by atoms with Crippen LogP contribution < -0.4 is 5.32 Å². The topological polar surface area (TPSA) is 90.5 Å². The summed E-state index contributed by atoms with van der Waals surface area (Å²) in [6.07, 6.45) is 5.75. The highest BCUT2D eigenvalue weighted by Crippen LogP contribution is 2.10. The third-order valence-electron chi connectivity index (χ3n) is 4.41. The van der Waals surface area contributed by atoms with Gasteiger partial charge in [0.25, 0.3) is 5.91 Å². The molecule has 2 heterocycles. The highest BCUT2D eigenvalue weighted by atomic mass is 16.1. The zero-order valence-corrected chi connectivity index (χ0v) is 15.1. The van der Waals surface area contributed by atoms with Crippen LogP contribution in [-0.4, -0.2) is 35.4 Å². The van der Waals surface area contributed by atoms with Gasteiger partial charge in [-0.1, -0.05) is 36.4 Å². The Morgan fingerprint density at radius 1 is 0.929 bits per heavy atom. The van der Waals surface area contributed by atoms with Crippen molar-refractivity contribution in [1.82, 2.24) is 34.8 Å². The van der Waals surface area contributed by atoms with Crippen molar-refractivity contribution in [2.75, 3.05) is 0 Å². The Hall–Kier alpha value is -3.81. The molecule has 8 nitrogen and oxygen atoms in total. The van der Waals surface area contributed by atoms with E-state index in [4.69, 9.17) is 0 Å². The van der Waals surface area contributed by atoms with E-state index in [2.05, 4.69) is 37.8 Å². The molecular weight excluding hydrogens is 354 g/mol. The lowest BCUT2D eigenvalue weighted by Gasteiger charge is -2.09. The maximum Gasteiger partial charge on any atom is 0.251 e. The number of aromatic nitrogens is 6. The first-order valence-electron chi connectivity index (χ1n) is 8.93. The number of hydrogen-bond donors (Lipinski definition) is 1. The second-order valence-corrected chi connectivity index (χ2v) is 6.28. The average Bonchev–Trinajstić information content (AvgIpc) is 3.43. The molecule has 1 amide bonds. The Balaban J connectivity index is 1.38. The predicted octanol–water partition coefficient (Wildman–Crippen LogP) is 2.03. The first-order valence-corrected chi connectivity index (χ1v) is 8.93. The highest BCUT2D eigenvalue weighted by Gasteiger charge is 2.10. The summed E-state index contributed by atoms with van der Waals surface area (Å²) in [6, 6.07) is 17.5. The molecule has 140 valence electrons. The van der Waals surface area contributed by atoms with Gasteiger partial charge in [0.15, 0.2) is 5.82 Å². The van der Waals surface area contributed by atoms with E-state index < -0.39 is 0 Å². The summed E-state index contributed by atoms with van der Waals surface area (Å²) < 4.78 is 3.71. The molecular formula is C20H19N7O. The SMILES string of the molecule is O=C(NCc1nncn1CCc1ccccc1)c1cccc(-n2cnnc2)c1. The van der Waals surface area contributed by atoms with Crippen molar-refractivity contribution in [3.05, 3.63) is 90.5 Å². The second-order valence-electron chi connectivity index (χ2n) is 6.28. The number of hydrogen-bond acceptors (Lipinski definition) is 5. The summed E-state index contributed by atoms with van der Waals surface area (Å²) >= 11 is 0. The zero-order valence-electron chi connectivity index (χ0n) is 15.1. The van der Waals surface area contributed by atoms with Crippen molar-refractivity contribution in [1.29, 1.82) is 0 Å². The van der Waals surface area contributed by atoms with E-state index in [-0.39, 0.29) is 5.91 Å². The summed E-state index contributed by atoms with van der Waals surface area (Å²) in [6.45, 7) is 1.07. The van der Waals surface area contributed by atoms with Crippen LogP contribution in [0.5, 0.6) is 0 Å². The van der Waals surface area contributed by atoms with Crippen molar-refractivity contribution in [3.8, 4) is 5.69 Å². The van der Waals surface area contributed by atoms with Crippen LogP contribution in [-0.2, 0) is 19.5 Å². The molecule has 28 heavy (non-hydrogen) atoms. The Morgan fingerprint density at radius 3 is 2.57 bits per heavy atom. The molecule has 0 bridgehead atoms. The fourth-order valence-electron chi connectivity index (χ4n) is 2.90.